The van der Waals surface area contributed by atoms with Crippen molar-refractivity contribution in [1.29, 1.82) is 0 Å². The molecule has 0 saturated heterocycles. The van der Waals surface area contributed by atoms with E-state index in [1.54, 1.807) is 7.11 Å². The number of nitrogens with zero attached hydrogens (tertiary/aromatic N) is 3. The van der Waals surface area contributed by atoms with Crippen LogP contribution >= 0.6 is 0 Å². The predicted molar refractivity (Wildman–Crippen MR) is 78.1 cm³/mol. The number of likely N-dealkylation sites (N-methyl/N-ethyl adjacent to an activating group) is 1. The highest BCUT2D eigenvalue weighted by atomic mass is 16.5. The zero-order valence-corrected chi connectivity index (χ0v) is 12.4. The average Bonchev–Trinajstić information content (AvgIpc) is 3.25. The zero-order chi connectivity index (χ0) is 13.8. The molecule has 1 aromatic rings. The van der Waals surface area contributed by atoms with E-state index in [0.29, 0.717) is 12.5 Å². The number of hydrogen-bond acceptors (Lipinski definition) is 5. The number of anilines is 2. The first-order valence-electron chi connectivity index (χ1n) is 7.01. The van der Waals surface area contributed by atoms with Gasteiger partial charge < -0.3 is 15.0 Å². The van der Waals surface area contributed by atoms with E-state index in [0.717, 1.165) is 36.1 Å². The number of rotatable bonds is 7. The molecule has 0 unspecified atom stereocenters. The van der Waals surface area contributed by atoms with Gasteiger partial charge in [-0.25, -0.2) is 9.97 Å². The molecular weight excluding hydrogens is 240 g/mol. The van der Waals surface area contributed by atoms with Crippen LogP contribution in [0.3, 0.4) is 0 Å². The Morgan fingerprint density at radius 1 is 1.37 bits per heavy atom. The van der Waals surface area contributed by atoms with Crippen molar-refractivity contribution in [3.05, 3.63) is 11.4 Å². The van der Waals surface area contributed by atoms with Crippen LogP contribution < -0.4 is 10.2 Å². The minimum Gasteiger partial charge on any atom is -0.383 e. The summed E-state index contributed by atoms with van der Waals surface area (Å²) >= 11 is 0. The molecule has 1 heterocycles. The van der Waals surface area contributed by atoms with Gasteiger partial charge in [0.2, 0.25) is 0 Å². The fraction of sp³-hybridized carbons (Fsp3) is 0.714. The monoisotopic (exact) mass is 264 g/mol. The summed E-state index contributed by atoms with van der Waals surface area (Å²) in [7, 11) is 3.65. The molecule has 0 amide bonds. The molecule has 1 fully saturated rings. The van der Waals surface area contributed by atoms with Crippen molar-refractivity contribution in [3.8, 4) is 0 Å². The molecule has 1 aliphatic carbocycles. The van der Waals surface area contributed by atoms with E-state index >= 15 is 0 Å². The van der Waals surface area contributed by atoms with E-state index in [1.807, 2.05) is 7.05 Å². The Morgan fingerprint density at radius 2 is 2.11 bits per heavy atom. The van der Waals surface area contributed by atoms with Crippen LogP contribution in [0.1, 0.15) is 37.1 Å². The van der Waals surface area contributed by atoms with Crippen molar-refractivity contribution in [2.75, 3.05) is 44.1 Å². The SMILES string of the molecule is CCN(CCOC)c1nc(C2CC2)nc(NC)c1C. The molecule has 0 aliphatic heterocycles. The fourth-order valence-electron chi connectivity index (χ4n) is 2.21. The molecule has 1 aromatic heterocycles. The highest BCUT2D eigenvalue weighted by Gasteiger charge is 2.28. The molecule has 2 rings (SSSR count). The fourth-order valence-corrected chi connectivity index (χ4v) is 2.21. The average molecular weight is 264 g/mol. The lowest BCUT2D eigenvalue weighted by molar-refractivity contribution is 0.205. The van der Waals surface area contributed by atoms with Gasteiger partial charge >= 0.3 is 0 Å². The Hall–Kier alpha value is -1.36. The molecular formula is C14H24N4O. The van der Waals surface area contributed by atoms with Gasteiger partial charge in [-0.05, 0) is 26.7 Å². The quantitative estimate of drug-likeness (QED) is 0.818. The molecule has 1 saturated carbocycles. The summed E-state index contributed by atoms with van der Waals surface area (Å²) in [5, 5.41) is 3.18. The Bertz CT molecular complexity index is 432. The first-order chi connectivity index (χ1) is 9.21. The predicted octanol–water partition coefficient (Wildman–Crippen LogP) is 2.18. The van der Waals surface area contributed by atoms with Crippen molar-refractivity contribution in [1.82, 2.24) is 9.97 Å². The minimum atomic E-state index is 0.563. The number of hydrogen-bond donors (Lipinski definition) is 1. The number of ether oxygens (including phenoxy) is 1. The minimum absolute atomic E-state index is 0.563. The molecule has 5 heteroatoms. The van der Waals surface area contributed by atoms with Gasteiger partial charge in [0.15, 0.2) is 0 Å². The van der Waals surface area contributed by atoms with Crippen molar-refractivity contribution in [2.45, 2.75) is 32.6 Å². The maximum Gasteiger partial charge on any atom is 0.137 e. The number of nitrogens with one attached hydrogen (secondary N) is 1. The van der Waals surface area contributed by atoms with Crippen LogP contribution in [0.4, 0.5) is 11.6 Å². The Labute approximate surface area is 115 Å². The lowest BCUT2D eigenvalue weighted by Crippen LogP contribution is -2.29. The van der Waals surface area contributed by atoms with E-state index in [4.69, 9.17) is 9.72 Å². The first kappa shape index (κ1) is 14.1. The summed E-state index contributed by atoms with van der Waals surface area (Å²) in [5.41, 5.74) is 1.12. The van der Waals surface area contributed by atoms with Crippen LogP contribution in [-0.2, 0) is 4.74 Å². The smallest absolute Gasteiger partial charge is 0.137 e. The van der Waals surface area contributed by atoms with Crippen LogP contribution in [0.2, 0.25) is 0 Å². The van der Waals surface area contributed by atoms with E-state index < -0.39 is 0 Å². The Morgan fingerprint density at radius 3 is 2.63 bits per heavy atom. The number of aromatic nitrogens is 2. The highest BCUT2D eigenvalue weighted by molar-refractivity contribution is 5.58. The molecule has 19 heavy (non-hydrogen) atoms. The zero-order valence-electron chi connectivity index (χ0n) is 12.4. The summed E-state index contributed by atoms with van der Waals surface area (Å²) < 4.78 is 5.18. The Kier molecular flexibility index (Phi) is 4.58. The second-order valence-electron chi connectivity index (χ2n) is 4.98. The van der Waals surface area contributed by atoms with Gasteiger partial charge in [-0.3, -0.25) is 0 Å². The molecule has 0 spiro atoms. The lowest BCUT2D eigenvalue weighted by Gasteiger charge is -2.24. The van der Waals surface area contributed by atoms with Crippen molar-refractivity contribution >= 4 is 11.6 Å². The molecule has 0 atom stereocenters. The molecule has 5 nitrogen and oxygen atoms in total. The van der Waals surface area contributed by atoms with E-state index in [-0.39, 0.29) is 0 Å². The van der Waals surface area contributed by atoms with Crippen LogP contribution in [0.15, 0.2) is 0 Å². The van der Waals surface area contributed by atoms with Crippen molar-refractivity contribution in [2.24, 2.45) is 0 Å². The van der Waals surface area contributed by atoms with Crippen LogP contribution in [0, 0.1) is 6.92 Å². The summed E-state index contributed by atoms with van der Waals surface area (Å²) in [5.74, 6) is 3.54. The second kappa shape index (κ2) is 6.19. The molecule has 106 valence electrons. The van der Waals surface area contributed by atoms with E-state index in [1.165, 1.54) is 12.8 Å². The topological polar surface area (TPSA) is 50.3 Å². The van der Waals surface area contributed by atoms with E-state index in [2.05, 4.69) is 29.0 Å². The standard InChI is InChI=1S/C14H24N4O/c1-5-18(8-9-19-4)14-10(2)12(15-3)16-13(17-14)11-6-7-11/h11H,5-9H2,1-4H3,(H,15,16,17). The Balaban J connectivity index is 2.32. The third-order valence-electron chi connectivity index (χ3n) is 3.56. The van der Waals surface area contributed by atoms with Gasteiger partial charge in [0, 0.05) is 38.7 Å². The molecule has 0 bridgehead atoms. The van der Waals surface area contributed by atoms with E-state index in [9.17, 15) is 0 Å². The summed E-state index contributed by atoms with van der Waals surface area (Å²) in [6.07, 6.45) is 2.44. The highest BCUT2D eigenvalue weighted by Crippen LogP contribution is 2.39. The van der Waals surface area contributed by atoms with Crippen LogP contribution in [0.25, 0.3) is 0 Å². The maximum atomic E-state index is 5.18. The third kappa shape index (κ3) is 3.15. The third-order valence-corrected chi connectivity index (χ3v) is 3.56. The first-order valence-corrected chi connectivity index (χ1v) is 7.01. The van der Waals surface area contributed by atoms with Crippen molar-refractivity contribution in [3.63, 3.8) is 0 Å². The van der Waals surface area contributed by atoms with Crippen molar-refractivity contribution < 1.29 is 4.74 Å². The summed E-state index contributed by atoms with van der Waals surface area (Å²) in [6.45, 7) is 6.72. The van der Waals surface area contributed by atoms with Gasteiger partial charge in [0.25, 0.3) is 0 Å². The van der Waals surface area contributed by atoms with Gasteiger partial charge in [-0.1, -0.05) is 0 Å². The van der Waals surface area contributed by atoms with Gasteiger partial charge in [-0.15, -0.1) is 0 Å². The number of methoxy groups -OCH3 is 1. The molecule has 1 aliphatic rings. The normalized spacial score (nSPS) is 14.5. The maximum absolute atomic E-state index is 5.18. The summed E-state index contributed by atoms with van der Waals surface area (Å²) in [4.78, 5) is 11.7. The second-order valence-corrected chi connectivity index (χ2v) is 4.98. The van der Waals surface area contributed by atoms with Crippen LogP contribution in [-0.4, -0.2) is 43.8 Å². The molecule has 1 N–H and O–H groups in total. The lowest BCUT2D eigenvalue weighted by atomic mass is 10.2. The summed E-state index contributed by atoms with van der Waals surface area (Å²) in [6, 6.07) is 0. The van der Waals surface area contributed by atoms with Gasteiger partial charge in [-0.2, -0.15) is 0 Å². The largest absolute Gasteiger partial charge is 0.383 e. The molecule has 0 radical (unpaired) electrons. The van der Waals surface area contributed by atoms with Crippen LogP contribution in [0.5, 0.6) is 0 Å². The van der Waals surface area contributed by atoms with Gasteiger partial charge in [0.05, 0.1) is 6.61 Å². The molecule has 0 aromatic carbocycles. The van der Waals surface area contributed by atoms with Gasteiger partial charge in [0.1, 0.15) is 17.5 Å².